The highest BCUT2D eigenvalue weighted by molar-refractivity contribution is 7.91. The van der Waals surface area contributed by atoms with Gasteiger partial charge in [0, 0.05) is 5.56 Å². The van der Waals surface area contributed by atoms with E-state index in [1.807, 2.05) is 0 Å². The zero-order chi connectivity index (χ0) is 23.6. The number of carbonyl (C=O) groups excluding carboxylic acids is 1. The normalized spacial score (nSPS) is 12.5. The van der Waals surface area contributed by atoms with Crippen molar-refractivity contribution < 1.29 is 49.0 Å². The van der Waals surface area contributed by atoms with Crippen molar-refractivity contribution in [3.05, 3.63) is 47.5 Å². The van der Waals surface area contributed by atoms with Crippen molar-refractivity contribution in [1.29, 1.82) is 0 Å². The first kappa shape index (κ1) is 24.5. The molecule has 0 atom stereocenters. The third kappa shape index (κ3) is 5.69. The molecule has 0 bridgehead atoms. The first-order chi connectivity index (χ1) is 14.2. The minimum atomic E-state index is -5.09. The first-order valence-electron chi connectivity index (χ1n) is 8.56. The molecule has 0 heterocycles. The van der Waals surface area contributed by atoms with Gasteiger partial charge < -0.3 is 9.47 Å². The summed E-state index contributed by atoms with van der Waals surface area (Å²) in [6, 6.07) is 4.10. The average molecular weight is 470 g/mol. The largest absolute Gasteiger partial charge is 0.481 e. The molecule has 31 heavy (non-hydrogen) atoms. The van der Waals surface area contributed by atoms with Crippen molar-refractivity contribution in [2.75, 3.05) is 19.5 Å². The number of halogens is 6. The van der Waals surface area contributed by atoms with Gasteiger partial charge in [0.15, 0.2) is 16.4 Å². The molecule has 0 radical (unpaired) electrons. The summed E-state index contributed by atoms with van der Waals surface area (Å²) >= 11 is 0. The van der Waals surface area contributed by atoms with Crippen molar-refractivity contribution >= 4 is 15.8 Å². The molecule has 0 unspecified atom stereocenters. The maximum Gasteiger partial charge on any atom is 0.417 e. The fourth-order valence-electron chi connectivity index (χ4n) is 2.60. The summed E-state index contributed by atoms with van der Waals surface area (Å²) in [5.74, 6) is -1.80. The van der Waals surface area contributed by atoms with Crippen LogP contribution in [0.5, 0.6) is 5.75 Å². The number of benzene rings is 2. The molecule has 0 amide bonds. The summed E-state index contributed by atoms with van der Waals surface area (Å²) in [7, 11) is -3.23. The topological polar surface area (TPSA) is 69.7 Å². The Labute approximate surface area is 173 Å². The van der Waals surface area contributed by atoms with Crippen LogP contribution in [0.1, 0.15) is 18.1 Å². The molecule has 0 saturated carbocycles. The number of carbonyl (C=O) groups is 1. The van der Waals surface area contributed by atoms with E-state index in [-0.39, 0.29) is 11.3 Å². The zero-order valence-corrected chi connectivity index (χ0v) is 16.9. The Kier molecular flexibility index (Phi) is 6.94. The molecular formula is C19H16F6O5S. The van der Waals surface area contributed by atoms with E-state index in [4.69, 9.17) is 4.74 Å². The third-order valence-electron chi connectivity index (χ3n) is 4.19. The van der Waals surface area contributed by atoms with Gasteiger partial charge in [-0.15, -0.1) is 0 Å². The minimum absolute atomic E-state index is 0.322. The molecule has 2 aromatic carbocycles. The standard InChI is InChI=1S/C19H16F6O5S/c1-3-31(27,28)16-7-4-11(8-14(16)19(23,24)25)13-9-12(18(20,21)22)5-6-15(13)30-10-17(26)29-2/h4-9H,3,10H2,1-2H3. The van der Waals surface area contributed by atoms with Crippen LogP contribution in [0.4, 0.5) is 26.3 Å². The van der Waals surface area contributed by atoms with Crippen molar-refractivity contribution in [2.24, 2.45) is 0 Å². The van der Waals surface area contributed by atoms with E-state index in [9.17, 15) is 39.6 Å². The van der Waals surface area contributed by atoms with E-state index in [2.05, 4.69) is 4.74 Å². The van der Waals surface area contributed by atoms with E-state index < -0.39 is 62.1 Å². The molecule has 2 rings (SSSR count). The lowest BCUT2D eigenvalue weighted by molar-refractivity contribution is -0.143. The van der Waals surface area contributed by atoms with Crippen LogP contribution in [-0.2, 0) is 31.7 Å². The van der Waals surface area contributed by atoms with Gasteiger partial charge in [-0.3, -0.25) is 0 Å². The lowest BCUT2D eigenvalue weighted by Gasteiger charge is -2.17. The van der Waals surface area contributed by atoms with Gasteiger partial charge in [-0.25, -0.2) is 13.2 Å². The van der Waals surface area contributed by atoms with Crippen molar-refractivity contribution in [3.8, 4) is 16.9 Å². The average Bonchev–Trinajstić information content (AvgIpc) is 2.70. The second-order valence-corrected chi connectivity index (χ2v) is 8.43. The quantitative estimate of drug-likeness (QED) is 0.451. The molecule has 0 fully saturated rings. The zero-order valence-electron chi connectivity index (χ0n) is 16.1. The van der Waals surface area contributed by atoms with E-state index in [1.54, 1.807) is 0 Å². The summed E-state index contributed by atoms with van der Waals surface area (Å²) in [5, 5.41) is 0. The molecule has 0 spiro atoms. The molecule has 5 nitrogen and oxygen atoms in total. The first-order valence-corrected chi connectivity index (χ1v) is 10.2. The smallest absolute Gasteiger partial charge is 0.417 e. The van der Waals surface area contributed by atoms with Gasteiger partial charge in [-0.05, 0) is 35.9 Å². The van der Waals surface area contributed by atoms with Gasteiger partial charge in [-0.2, -0.15) is 26.3 Å². The highest BCUT2D eigenvalue weighted by Crippen LogP contribution is 2.41. The maximum absolute atomic E-state index is 13.5. The Morgan fingerprint density at radius 2 is 1.61 bits per heavy atom. The molecule has 0 aromatic heterocycles. The molecular weight excluding hydrogens is 454 g/mol. The SMILES string of the molecule is CCS(=O)(=O)c1ccc(-c2cc(C(F)(F)F)ccc2OCC(=O)OC)cc1C(F)(F)F. The van der Waals surface area contributed by atoms with Crippen molar-refractivity contribution in [2.45, 2.75) is 24.2 Å². The second-order valence-electron chi connectivity index (χ2n) is 6.19. The van der Waals surface area contributed by atoms with Gasteiger partial charge >= 0.3 is 18.3 Å². The number of hydrogen-bond donors (Lipinski definition) is 0. The summed E-state index contributed by atoms with van der Waals surface area (Å²) in [6.07, 6.45) is -9.91. The molecule has 170 valence electrons. The third-order valence-corrected chi connectivity index (χ3v) is 5.98. The summed E-state index contributed by atoms with van der Waals surface area (Å²) in [6.45, 7) is 0.457. The van der Waals surface area contributed by atoms with Gasteiger partial charge in [0.25, 0.3) is 0 Å². The Morgan fingerprint density at radius 1 is 0.968 bits per heavy atom. The Bertz CT molecular complexity index is 1070. The molecule has 0 N–H and O–H groups in total. The van der Waals surface area contributed by atoms with E-state index >= 15 is 0 Å². The lowest BCUT2D eigenvalue weighted by Crippen LogP contribution is -2.15. The molecule has 0 aliphatic rings. The molecule has 0 aliphatic carbocycles. The predicted molar refractivity (Wildman–Crippen MR) is 97.1 cm³/mol. The summed E-state index contributed by atoms with van der Waals surface area (Å²) in [4.78, 5) is 10.3. The number of alkyl halides is 6. The van der Waals surface area contributed by atoms with Crippen LogP contribution >= 0.6 is 0 Å². The second kappa shape index (κ2) is 8.77. The van der Waals surface area contributed by atoms with Gasteiger partial charge in [-0.1, -0.05) is 13.0 Å². The number of sulfone groups is 1. The van der Waals surface area contributed by atoms with Crippen LogP contribution in [0.2, 0.25) is 0 Å². The van der Waals surface area contributed by atoms with E-state index in [0.717, 1.165) is 26.2 Å². The monoisotopic (exact) mass is 470 g/mol. The lowest BCUT2D eigenvalue weighted by atomic mass is 9.99. The van der Waals surface area contributed by atoms with Crippen molar-refractivity contribution in [1.82, 2.24) is 0 Å². The maximum atomic E-state index is 13.5. The predicted octanol–water partition coefficient (Wildman–Crippen LogP) is 4.74. The van der Waals surface area contributed by atoms with Crippen LogP contribution in [-0.4, -0.2) is 33.9 Å². The summed E-state index contributed by atoms with van der Waals surface area (Å²) in [5.41, 5.74) is -3.49. The molecule has 0 aliphatic heterocycles. The Hall–Kier alpha value is -2.76. The van der Waals surface area contributed by atoms with Crippen LogP contribution < -0.4 is 4.74 Å². The van der Waals surface area contributed by atoms with Gasteiger partial charge in [0.1, 0.15) is 5.75 Å². The number of hydrogen-bond acceptors (Lipinski definition) is 5. The van der Waals surface area contributed by atoms with Crippen LogP contribution in [0.25, 0.3) is 11.1 Å². The molecule has 2 aromatic rings. The highest BCUT2D eigenvalue weighted by Gasteiger charge is 2.37. The molecule has 0 saturated heterocycles. The van der Waals surface area contributed by atoms with Crippen molar-refractivity contribution in [3.63, 3.8) is 0 Å². The van der Waals surface area contributed by atoms with Crippen LogP contribution in [0, 0.1) is 0 Å². The van der Waals surface area contributed by atoms with Gasteiger partial charge in [0.05, 0.1) is 28.9 Å². The Balaban J connectivity index is 2.73. The van der Waals surface area contributed by atoms with Crippen LogP contribution in [0.15, 0.2) is 41.3 Å². The van der Waals surface area contributed by atoms with E-state index in [1.165, 1.54) is 0 Å². The molecule has 12 heteroatoms. The number of methoxy groups -OCH3 is 1. The number of esters is 1. The van der Waals surface area contributed by atoms with E-state index in [0.29, 0.717) is 24.3 Å². The minimum Gasteiger partial charge on any atom is -0.481 e. The summed E-state index contributed by atoms with van der Waals surface area (Å²) < 4.78 is 114. The van der Waals surface area contributed by atoms with Crippen LogP contribution in [0.3, 0.4) is 0 Å². The van der Waals surface area contributed by atoms with Gasteiger partial charge in [0.2, 0.25) is 0 Å². The number of rotatable bonds is 6. The Morgan fingerprint density at radius 3 is 2.13 bits per heavy atom. The fraction of sp³-hybridized carbons (Fsp3) is 0.316. The highest BCUT2D eigenvalue weighted by atomic mass is 32.2. The number of ether oxygens (including phenoxy) is 2. The fourth-order valence-corrected chi connectivity index (χ4v) is 3.70.